The first kappa shape index (κ1) is 8.23. The number of nitrogens with one attached hydrogen (secondary N) is 1. The van der Waals surface area contributed by atoms with Crippen LogP contribution in [0.25, 0.3) is 5.57 Å². The second-order valence-corrected chi connectivity index (χ2v) is 4.04. The van der Waals surface area contributed by atoms with E-state index in [1.165, 1.54) is 5.57 Å². The smallest absolute Gasteiger partial charge is 0.155 e. The summed E-state index contributed by atoms with van der Waals surface area (Å²) in [6.45, 7) is 6.36. The quantitative estimate of drug-likeness (QED) is 0.646. The van der Waals surface area contributed by atoms with Crippen LogP contribution in [0, 0.1) is 5.41 Å². The van der Waals surface area contributed by atoms with Crippen LogP contribution in [0.5, 0.6) is 0 Å². The van der Waals surface area contributed by atoms with Crippen LogP contribution < -0.4 is 0 Å². The number of fused-ring (bicyclic) bond motifs is 1. The van der Waals surface area contributed by atoms with Crippen molar-refractivity contribution in [2.24, 2.45) is 10.4 Å². The molecule has 0 unspecified atom stereocenters. The Morgan fingerprint density at radius 1 is 1.38 bits per heavy atom. The molecular weight excluding hydrogens is 162 g/mol. The SMILES string of the molecule is CC1=CC(C)(C)C=Nc2[nH]ncc21. The first-order valence-electron chi connectivity index (χ1n) is 4.37. The minimum absolute atomic E-state index is 0.0317. The summed E-state index contributed by atoms with van der Waals surface area (Å²) in [5.41, 5.74) is 2.36. The number of allylic oxidation sites excluding steroid dienone is 2. The lowest BCUT2D eigenvalue weighted by Gasteiger charge is -2.12. The molecule has 0 aromatic carbocycles. The van der Waals surface area contributed by atoms with Crippen molar-refractivity contribution in [2.45, 2.75) is 20.8 Å². The number of hydrogen-bond acceptors (Lipinski definition) is 2. The van der Waals surface area contributed by atoms with E-state index in [0.29, 0.717) is 0 Å². The number of hydrogen-bond donors (Lipinski definition) is 1. The van der Waals surface area contributed by atoms with Crippen molar-refractivity contribution >= 4 is 17.6 Å². The average Bonchev–Trinajstić information content (AvgIpc) is 2.43. The van der Waals surface area contributed by atoms with Crippen LogP contribution in [0.2, 0.25) is 0 Å². The van der Waals surface area contributed by atoms with Crippen LogP contribution in [0.15, 0.2) is 17.3 Å². The summed E-state index contributed by atoms with van der Waals surface area (Å²) in [4.78, 5) is 4.35. The molecule has 1 aliphatic rings. The average molecular weight is 175 g/mol. The van der Waals surface area contributed by atoms with Gasteiger partial charge in [-0.05, 0) is 12.5 Å². The molecule has 0 amide bonds. The van der Waals surface area contributed by atoms with Gasteiger partial charge in [0.25, 0.3) is 0 Å². The molecule has 0 spiro atoms. The van der Waals surface area contributed by atoms with Crippen molar-refractivity contribution in [3.05, 3.63) is 17.8 Å². The fourth-order valence-corrected chi connectivity index (χ4v) is 1.57. The molecule has 13 heavy (non-hydrogen) atoms. The van der Waals surface area contributed by atoms with E-state index in [1.807, 2.05) is 12.4 Å². The molecule has 1 aromatic heterocycles. The standard InChI is InChI=1S/C10H13N3/c1-7-4-10(2,3)6-11-9-8(7)5-12-13-9/h4-6H,1-3H3,(H,12,13). The number of nitrogens with zero attached hydrogens (tertiary/aromatic N) is 2. The number of rotatable bonds is 0. The zero-order chi connectivity index (χ0) is 9.47. The van der Waals surface area contributed by atoms with E-state index < -0.39 is 0 Å². The lowest BCUT2D eigenvalue weighted by Crippen LogP contribution is -2.08. The fourth-order valence-electron chi connectivity index (χ4n) is 1.57. The lowest BCUT2D eigenvalue weighted by atomic mass is 9.92. The van der Waals surface area contributed by atoms with Gasteiger partial charge in [0, 0.05) is 17.2 Å². The first-order valence-corrected chi connectivity index (χ1v) is 4.37. The number of aromatic nitrogens is 2. The van der Waals surface area contributed by atoms with Crippen molar-refractivity contribution in [1.82, 2.24) is 10.2 Å². The van der Waals surface area contributed by atoms with Crippen molar-refractivity contribution in [3.63, 3.8) is 0 Å². The maximum atomic E-state index is 4.35. The molecule has 3 heteroatoms. The highest BCUT2D eigenvalue weighted by Crippen LogP contribution is 2.31. The largest absolute Gasteiger partial charge is 0.261 e. The van der Waals surface area contributed by atoms with Gasteiger partial charge in [0.15, 0.2) is 5.82 Å². The highest BCUT2D eigenvalue weighted by molar-refractivity contribution is 5.82. The van der Waals surface area contributed by atoms with Gasteiger partial charge in [-0.15, -0.1) is 0 Å². The molecule has 2 rings (SSSR count). The van der Waals surface area contributed by atoms with E-state index in [1.54, 1.807) is 0 Å². The topological polar surface area (TPSA) is 41.0 Å². The second-order valence-electron chi connectivity index (χ2n) is 4.04. The van der Waals surface area contributed by atoms with Gasteiger partial charge in [-0.1, -0.05) is 19.9 Å². The Balaban J connectivity index is 2.58. The maximum absolute atomic E-state index is 4.35. The third-order valence-corrected chi connectivity index (χ3v) is 2.16. The number of H-pyrrole nitrogens is 1. The Hall–Kier alpha value is -1.38. The molecule has 0 atom stereocenters. The summed E-state index contributed by atoms with van der Waals surface area (Å²) in [7, 11) is 0. The van der Waals surface area contributed by atoms with Gasteiger partial charge in [0.2, 0.25) is 0 Å². The number of aliphatic imine (C=N–C) groups is 1. The molecule has 1 N–H and O–H groups in total. The predicted molar refractivity (Wildman–Crippen MR) is 54.2 cm³/mol. The minimum atomic E-state index is 0.0317. The highest BCUT2D eigenvalue weighted by atomic mass is 15.2. The highest BCUT2D eigenvalue weighted by Gasteiger charge is 2.17. The molecule has 1 aromatic rings. The van der Waals surface area contributed by atoms with Crippen LogP contribution >= 0.6 is 0 Å². The maximum Gasteiger partial charge on any atom is 0.155 e. The molecular formula is C10H13N3. The van der Waals surface area contributed by atoms with Gasteiger partial charge in [-0.3, -0.25) is 5.10 Å². The van der Waals surface area contributed by atoms with Crippen LogP contribution in [0.1, 0.15) is 26.3 Å². The first-order chi connectivity index (χ1) is 6.08. The van der Waals surface area contributed by atoms with Crippen LogP contribution in [0.3, 0.4) is 0 Å². The summed E-state index contributed by atoms with van der Waals surface area (Å²) in [6, 6.07) is 0. The molecule has 0 fully saturated rings. The van der Waals surface area contributed by atoms with Gasteiger partial charge in [-0.2, -0.15) is 5.10 Å². The fraction of sp³-hybridized carbons (Fsp3) is 0.400. The Kier molecular flexibility index (Phi) is 1.62. The zero-order valence-corrected chi connectivity index (χ0v) is 8.13. The summed E-state index contributed by atoms with van der Waals surface area (Å²) >= 11 is 0. The van der Waals surface area contributed by atoms with E-state index in [2.05, 4.69) is 42.0 Å². The van der Waals surface area contributed by atoms with Gasteiger partial charge in [0.1, 0.15) is 0 Å². The van der Waals surface area contributed by atoms with Gasteiger partial charge in [-0.25, -0.2) is 4.99 Å². The molecule has 3 nitrogen and oxygen atoms in total. The molecule has 0 radical (unpaired) electrons. The number of aromatic amines is 1. The molecule has 0 bridgehead atoms. The molecule has 2 heterocycles. The Morgan fingerprint density at radius 3 is 2.92 bits per heavy atom. The summed E-state index contributed by atoms with van der Waals surface area (Å²) in [5, 5.41) is 6.84. The third-order valence-electron chi connectivity index (χ3n) is 2.16. The summed E-state index contributed by atoms with van der Waals surface area (Å²) in [5.74, 6) is 0.860. The molecule has 68 valence electrons. The van der Waals surface area contributed by atoms with E-state index in [0.717, 1.165) is 11.4 Å². The van der Waals surface area contributed by atoms with Crippen molar-refractivity contribution in [2.75, 3.05) is 0 Å². The summed E-state index contributed by atoms with van der Waals surface area (Å²) < 4.78 is 0. The monoisotopic (exact) mass is 175 g/mol. The van der Waals surface area contributed by atoms with Gasteiger partial charge in [0.05, 0.1) is 6.20 Å². The van der Waals surface area contributed by atoms with Crippen molar-refractivity contribution in [1.29, 1.82) is 0 Å². The molecule has 0 saturated carbocycles. The molecule has 0 saturated heterocycles. The Bertz CT molecular complexity index is 383. The second kappa shape index (κ2) is 2.55. The zero-order valence-electron chi connectivity index (χ0n) is 8.13. The van der Waals surface area contributed by atoms with E-state index in [4.69, 9.17) is 0 Å². The van der Waals surface area contributed by atoms with Crippen LogP contribution in [-0.4, -0.2) is 16.4 Å². The van der Waals surface area contributed by atoms with Gasteiger partial charge < -0.3 is 0 Å². The van der Waals surface area contributed by atoms with E-state index >= 15 is 0 Å². The van der Waals surface area contributed by atoms with Crippen LogP contribution in [-0.2, 0) is 0 Å². The van der Waals surface area contributed by atoms with Crippen LogP contribution in [0.4, 0.5) is 5.82 Å². The summed E-state index contributed by atoms with van der Waals surface area (Å²) in [6.07, 6.45) is 5.97. The van der Waals surface area contributed by atoms with E-state index in [9.17, 15) is 0 Å². The Labute approximate surface area is 77.6 Å². The Morgan fingerprint density at radius 2 is 2.15 bits per heavy atom. The van der Waals surface area contributed by atoms with E-state index in [-0.39, 0.29) is 5.41 Å². The van der Waals surface area contributed by atoms with Crippen molar-refractivity contribution in [3.8, 4) is 0 Å². The lowest BCUT2D eigenvalue weighted by molar-refractivity contribution is 0.696. The minimum Gasteiger partial charge on any atom is -0.261 e. The normalized spacial score (nSPS) is 19.2. The molecule has 0 aliphatic carbocycles. The third kappa shape index (κ3) is 1.41. The predicted octanol–water partition coefficient (Wildman–Crippen LogP) is 2.56. The molecule has 1 aliphatic heterocycles. The van der Waals surface area contributed by atoms with Gasteiger partial charge >= 0.3 is 0 Å². The van der Waals surface area contributed by atoms with Crippen molar-refractivity contribution < 1.29 is 0 Å².